The molecule has 9 aliphatic rings. The second-order valence-corrected chi connectivity index (χ2v) is 26.9. The average molecular weight is 1160 g/mol. The molecule has 5 saturated heterocycles. The van der Waals surface area contributed by atoms with Crippen molar-refractivity contribution in [1.82, 2.24) is 5.32 Å². The number of carbonyl (C=O) groups excluding carboxylic acids is 4. The zero-order valence-electron chi connectivity index (χ0n) is 50.8. The molecule has 2 bridgehead atoms. The monoisotopic (exact) mass is 1160 g/mol. The van der Waals surface area contributed by atoms with E-state index in [0.717, 1.165) is 11.1 Å². The fraction of sp³-hybridized carbons (Fsp3) is 0.839. The van der Waals surface area contributed by atoms with Crippen LogP contribution in [0.15, 0.2) is 34.9 Å². The average Bonchev–Trinajstić information content (AvgIpc) is 1.92. The molecule has 6 N–H and O–H groups in total. The largest absolute Gasteiger partial charge is 0.453 e. The number of aliphatic hydroxyl groups is 3. The Hall–Kier alpha value is -3.22. The number of alkyl carbamates (subject to hydrolysis) is 1. The third-order valence-corrected chi connectivity index (χ3v) is 21.3. The first-order chi connectivity index (χ1) is 38.6. The number of hydrogen-bond acceptors (Lipinski definition) is 19. The minimum atomic E-state index is -1.72. The van der Waals surface area contributed by atoms with E-state index >= 15 is 9.59 Å². The van der Waals surface area contributed by atoms with E-state index in [1.165, 1.54) is 14.2 Å². The molecular weight excluding hydrogens is 1060 g/mol. The highest BCUT2D eigenvalue weighted by atomic mass is 16.7. The number of rotatable bonds is 11. The van der Waals surface area contributed by atoms with Crippen molar-refractivity contribution in [2.24, 2.45) is 58.0 Å². The first kappa shape index (κ1) is 63.3. The highest BCUT2D eigenvalue weighted by molar-refractivity contribution is 6.25. The number of ether oxygens (including phenoxy) is 11. The van der Waals surface area contributed by atoms with Gasteiger partial charge in [-0.2, -0.15) is 0 Å². The van der Waals surface area contributed by atoms with E-state index in [1.54, 1.807) is 0 Å². The van der Waals surface area contributed by atoms with Gasteiger partial charge in [-0.05, 0) is 121 Å². The van der Waals surface area contributed by atoms with Crippen LogP contribution < -0.4 is 11.1 Å². The maximum absolute atomic E-state index is 16.3. The molecule has 9 rings (SSSR count). The van der Waals surface area contributed by atoms with Crippen molar-refractivity contribution < 1.29 is 86.6 Å². The van der Waals surface area contributed by atoms with Crippen LogP contribution in [0.2, 0.25) is 0 Å². The number of fused-ring (bicyclic) bond motifs is 4. The third-order valence-electron chi connectivity index (χ3n) is 21.3. The molecule has 20 heteroatoms. The maximum Gasteiger partial charge on any atom is 0.407 e. The predicted molar refractivity (Wildman–Crippen MR) is 297 cm³/mol. The molecule has 5 aliphatic heterocycles. The fourth-order valence-corrected chi connectivity index (χ4v) is 16.7. The Bertz CT molecular complexity index is 2430. The molecule has 2 saturated carbocycles. The van der Waals surface area contributed by atoms with Gasteiger partial charge in [0.05, 0.1) is 74.7 Å². The topological polar surface area (TPSA) is 269 Å². The quantitative estimate of drug-likeness (QED) is 0.0866. The Balaban J connectivity index is 0.987. The molecule has 1 spiro atoms. The summed E-state index contributed by atoms with van der Waals surface area (Å²) in [5.74, 6) is -5.20. The summed E-state index contributed by atoms with van der Waals surface area (Å²) in [6, 6.07) is -0.585. The van der Waals surface area contributed by atoms with E-state index in [2.05, 4.69) is 32.2 Å². The van der Waals surface area contributed by atoms with E-state index in [9.17, 15) is 24.9 Å². The molecule has 5 heterocycles. The van der Waals surface area contributed by atoms with Crippen LogP contribution in [-0.4, -0.2) is 169 Å². The SMILES string of the molecule is COC(=O)N[C@H]1[C@@H](C)O[C@@H](O[C@H]2C/C=C(\C)[C@]3(C)CC[C@@H]4[C@@H](O[C@H]5C[C@@H](O[C@H]6C[C@@H](O)[C@@H](O[C@@H]7C[C@@H](O)[C@@H](OC)[C@H](C)O7)[C@H](C)O6)C[C@H](C)O5)[C@@H](C)C[C@H](C)[C@H]4[C@]3(C)C(=O)C3C(=O)OC4(C[C@@H](C)C(CO)=C[C@H]4/C=C/2C)C3=O)C[C@]1(C)N. The van der Waals surface area contributed by atoms with Gasteiger partial charge in [-0.3, -0.25) is 14.4 Å². The fourth-order valence-electron chi connectivity index (χ4n) is 16.7. The Morgan fingerprint density at radius 2 is 1.38 bits per heavy atom. The second-order valence-electron chi connectivity index (χ2n) is 26.9. The second kappa shape index (κ2) is 24.5. The number of allylic oxidation sites excluding steroid dienone is 1. The first-order valence-electron chi connectivity index (χ1n) is 30.3. The molecule has 82 heavy (non-hydrogen) atoms. The molecule has 0 aromatic carbocycles. The summed E-state index contributed by atoms with van der Waals surface area (Å²) >= 11 is 0. The van der Waals surface area contributed by atoms with Crippen LogP contribution in [0.25, 0.3) is 0 Å². The minimum absolute atomic E-state index is 0.0308. The van der Waals surface area contributed by atoms with Gasteiger partial charge < -0.3 is 78.5 Å². The molecule has 20 nitrogen and oxygen atoms in total. The summed E-state index contributed by atoms with van der Waals surface area (Å²) < 4.78 is 69.2. The van der Waals surface area contributed by atoms with Crippen molar-refractivity contribution in [1.29, 1.82) is 0 Å². The van der Waals surface area contributed by atoms with Crippen molar-refractivity contribution >= 4 is 23.6 Å². The van der Waals surface area contributed by atoms with E-state index in [0.29, 0.717) is 44.1 Å². The summed E-state index contributed by atoms with van der Waals surface area (Å²) in [6.45, 7) is 23.4. The highest BCUT2D eigenvalue weighted by Crippen LogP contribution is 2.66. The molecule has 0 radical (unpaired) electrons. The van der Waals surface area contributed by atoms with Gasteiger partial charge in [-0.15, -0.1) is 0 Å². The number of nitrogens with two attached hydrogens (primary N) is 1. The number of Topliss-reactive ketones (excluding diaryl/α,β-unsaturated/α-hetero) is 2. The Morgan fingerprint density at radius 3 is 2.01 bits per heavy atom. The lowest BCUT2D eigenvalue weighted by Gasteiger charge is -2.63. The van der Waals surface area contributed by atoms with Gasteiger partial charge in [0.25, 0.3) is 0 Å². The van der Waals surface area contributed by atoms with Gasteiger partial charge in [-0.25, -0.2) is 4.79 Å². The number of hydrogen-bond donors (Lipinski definition) is 5. The van der Waals surface area contributed by atoms with E-state index < -0.39 is 137 Å². The van der Waals surface area contributed by atoms with E-state index in [-0.39, 0.29) is 80.2 Å². The van der Waals surface area contributed by atoms with E-state index in [4.69, 9.17) is 57.8 Å². The number of methoxy groups -OCH3 is 2. The smallest absolute Gasteiger partial charge is 0.407 e. The number of ketones is 2. The van der Waals surface area contributed by atoms with Crippen LogP contribution in [0.4, 0.5) is 4.79 Å². The summed E-state index contributed by atoms with van der Waals surface area (Å²) in [4.78, 5) is 59.2. The van der Waals surface area contributed by atoms with Gasteiger partial charge in [0.2, 0.25) is 0 Å². The molecule has 0 aromatic heterocycles. The molecule has 0 aromatic rings. The number of nitrogens with one attached hydrogen (secondary N) is 1. The summed E-state index contributed by atoms with van der Waals surface area (Å²) in [5.41, 5.74) is 4.43. The van der Waals surface area contributed by atoms with Crippen LogP contribution in [0.1, 0.15) is 147 Å². The van der Waals surface area contributed by atoms with Crippen LogP contribution in [0, 0.1) is 52.3 Å². The van der Waals surface area contributed by atoms with Crippen molar-refractivity contribution in [3.05, 3.63) is 34.9 Å². The van der Waals surface area contributed by atoms with Gasteiger partial charge >= 0.3 is 12.1 Å². The summed E-state index contributed by atoms with van der Waals surface area (Å²) in [5, 5.41) is 35.6. The minimum Gasteiger partial charge on any atom is -0.453 e. The van der Waals surface area contributed by atoms with Crippen molar-refractivity contribution in [3.8, 4) is 0 Å². The van der Waals surface area contributed by atoms with Crippen LogP contribution >= 0.6 is 0 Å². The Kier molecular flexibility index (Phi) is 18.9. The lowest BCUT2D eigenvalue weighted by molar-refractivity contribution is -0.326. The molecule has 4 aliphatic carbocycles. The van der Waals surface area contributed by atoms with Crippen LogP contribution in [-0.2, 0) is 66.5 Å². The molecular formula is C62H96N2O18. The zero-order valence-corrected chi connectivity index (χ0v) is 50.8. The first-order valence-corrected chi connectivity index (χ1v) is 30.3. The summed E-state index contributed by atoms with van der Waals surface area (Å²) in [6.07, 6.45) is 0.105. The maximum atomic E-state index is 16.3. The predicted octanol–water partition coefficient (Wildman–Crippen LogP) is 6.27. The summed E-state index contributed by atoms with van der Waals surface area (Å²) in [7, 11) is 2.82. The lowest BCUT2D eigenvalue weighted by Crippen LogP contribution is -2.66. The van der Waals surface area contributed by atoms with Gasteiger partial charge in [0.1, 0.15) is 12.2 Å². The Morgan fingerprint density at radius 1 is 0.744 bits per heavy atom. The molecule has 2 unspecified atom stereocenters. The van der Waals surface area contributed by atoms with Crippen molar-refractivity contribution in [2.45, 2.75) is 257 Å². The molecule has 7 fully saturated rings. The standard InChI is InChI=1S/C62H96N2O18/c1-29-20-39-22-38(28-65)32(4)26-62(39)56(69)49(57(70)82-62)55(68)61(12)50-30(2)19-31(3)51(41(50)17-18-59(61,10)33(5)15-16-44(29)79-48-27-60(11,63)54(37(9)77-48)64-58(71)73-14)80-45-23-40(21-34(6)74-45)78-46-25-43(67)53(36(8)76-46)81-47-24-42(66)52(72-13)35(7)75-47/h15,20,22,30-32,34-37,39-54,65-67H,16-19,21,23-28,63H2,1-14H3,(H,64,71)/b29-20+,33-15+/t30-,31-,32+,34-,35-,36-,37+,39+,40-,41-,42+,43+,44-,45-,46-,47+,48-,49?,50+,51-,52-,53-,54-,59-,60-,61+,62?/m0/s1. The Labute approximate surface area is 484 Å². The van der Waals surface area contributed by atoms with Gasteiger partial charge in [-0.1, -0.05) is 58.4 Å². The number of esters is 1. The van der Waals surface area contributed by atoms with Gasteiger partial charge in [0.15, 0.2) is 48.2 Å². The lowest BCUT2D eigenvalue weighted by atomic mass is 9.41. The number of amides is 1. The zero-order chi connectivity index (χ0) is 59.7. The highest BCUT2D eigenvalue weighted by Gasteiger charge is 2.70. The molecule has 462 valence electrons. The van der Waals surface area contributed by atoms with Crippen molar-refractivity contribution in [2.75, 3.05) is 20.8 Å². The number of carbonyl (C=O) groups is 4. The van der Waals surface area contributed by atoms with Crippen molar-refractivity contribution in [3.63, 3.8) is 0 Å². The molecule has 1 amide bonds. The van der Waals surface area contributed by atoms with Crippen LogP contribution in [0.5, 0.6) is 0 Å². The van der Waals surface area contributed by atoms with Crippen LogP contribution in [0.3, 0.4) is 0 Å². The third kappa shape index (κ3) is 11.7. The number of aliphatic hydroxyl groups excluding tert-OH is 3. The molecule has 27 atom stereocenters. The van der Waals surface area contributed by atoms with E-state index in [1.807, 2.05) is 74.5 Å². The normalized spacial score (nSPS) is 50.5. The van der Waals surface area contributed by atoms with Gasteiger partial charge in [0, 0.05) is 61.5 Å².